The van der Waals surface area contributed by atoms with Gasteiger partial charge in [-0.25, -0.2) is 17.1 Å². The molecule has 0 saturated carbocycles. The fourth-order valence-electron chi connectivity index (χ4n) is 4.93. The van der Waals surface area contributed by atoms with Crippen molar-refractivity contribution < 1.29 is 17.7 Å². The highest BCUT2D eigenvalue weighted by molar-refractivity contribution is 9.10. The van der Waals surface area contributed by atoms with Gasteiger partial charge in [0.15, 0.2) is 0 Å². The maximum Gasteiger partial charge on any atom is 0.265 e. The van der Waals surface area contributed by atoms with Gasteiger partial charge in [0.2, 0.25) is 6.04 Å². The molecule has 180 valence electrons. The molecule has 1 aromatic heterocycles. The number of hydrogen-bond acceptors (Lipinski definition) is 4. The Morgan fingerprint density at radius 2 is 1.77 bits per heavy atom. The van der Waals surface area contributed by atoms with E-state index in [1.165, 1.54) is 24.3 Å². The van der Waals surface area contributed by atoms with Gasteiger partial charge in [-0.05, 0) is 37.3 Å². The zero-order valence-corrected chi connectivity index (χ0v) is 21.3. The van der Waals surface area contributed by atoms with Crippen LogP contribution in [-0.2, 0) is 17.1 Å². The second kappa shape index (κ2) is 8.46. The van der Waals surface area contributed by atoms with Gasteiger partial charge in [-0.2, -0.15) is 0 Å². The molecular weight excluding hydrogens is 537 g/mol. The average Bonchev–Trinajstić information content (AvgIpc) is 3.11. The van der Waals surface area contributed by atoms with Crippen molar-refractivity contribution >= 4 is 42.7 Å². The number of benzene rings is 3. The van der Waals surface area contributed by atoms with E-state index in [1.807, 2.05) is 19.1 Å². The second-order valence-electron chi connectivity index (χ2n) is 8.66. The van der Waals surface area contributed by atoms with Crippen LogP contribution < -0.4 is 4.31 Å². The van der Waals surface area contributed by atoms with E-state index in [4.69, 9.17) is 0 Å². The lowest BCUT2D eigenvalue weighted by molar-refractivity contribution is -0.522. The quantitative estimate of drug-likeness (QED) is 0.249. The Balaban J connectivity index is 1.84. The first-order valence-corrected chi connectivity index (χ1v) is 13.1. The highest BCUT2D eigenvalue weighted by atomic mass is 79.9. The molecule has 10 heteroatoms. The number of hydrogen-bond donors (Lipinski definition) is 0. The minimum absolute atomic E-state index is 0.0367. The van der Waals surface area contributed by atoms with Crippen molar-refractivity contribution in [3.63, 3.8) is 0 Å². The van der Waals surface area contributed by atoms with E-state index in [-0.39, 0.29) is 10.5 Å². The highest BCUT2D eigenvalue weighted by Crippen LogP contribution is 2.48. The molecule has 3 aromatic carbocycles. The highest BCUT2D eigenvalue weighted by Gasteiger charge is 2.49. The third-order valence-electron chi connectivity index (χ3n) is 6.58. The van der Waals surface area contributed by atoms with Gasteiger partial charge in [0.05, 0.1) is 10.8 Å². The summed E-state index contributed by atoms with van der Waals surface area (Å²) in [6.45, 7) is 1.42. The van der Waals surface area contributed by atoms with Crippen molar-refractivity contribution in [2.24, 2.45) is 7.05 Å². The average molecular weight is 558 g/mol. The molecule has 0 radical (unpaired) electrons. The Kier molecular flexibility index (Phi) is 5.68. The molecule has 0 amide bonds. The zero-order valence-electron chi connectivity index (χ0n) is 18.9. The third-order valence-corrected chi connectivity index (χ3v) is 8.84. The molecule has 0 fully saturated rings. The monoisotopic (exact) mass is 557 g/mol. The number of para-hydroxylation sites is 1. The van der Waals surface area contributed by atoms with Crippen LogP contribution in [-0.4, -0.2) is 30.5 Å². The van der Waals surface area contributed by atoms with Crippen molar-refractivity contribution in [3.05, 3.63) is 104 Å². The zero-order chi connectivity index (χ0) is 25.1. The summed E-state index contributed by atoms with van der Waals surface area (Å²) in [5.41, 5.74) is 2.17. The Morgan fingerprint density at radius 1 is 1.09 bits per heavy atom. The molecule has 2 atom stereocenters. The van der Waals surface area contributed by atoms with Crippen molar-refractivity contribution in [1.29, 1.82) is 0 Å². The van der Waals surface area contributed by atoms with Gasteiger partial charge in [-0.1, -0.05) is 57.9 Å². The Hall–Kier alpha value is -3.24. The molecule has 35 heavy (non-hydrogen) atoms. The Labute approximate surface area is 210 Å². The first kappa shape index (κ1) is 23.5. The van der Waals surface area contributed by atoms with Gasteiger partial charge in [-0.3, -0.25) is 10.1 Å². The summed E-state index contributed by atoms with van der Waals surface area (Å²) < 4.78 is 46.2. The summed E-state index contributed by atoms with van der Waals surface area (Å²) in [7, 11) is -2.42. The number of anilines is 1. The molecule has 0 bridgehead atoms. The van der Waals surface area contributed by atoms with E-state index >= 15 is 4.39 Å². The van der Waals surface area contributed by atoms with E-state index < -0.39 is 39.3 Å². The predicted octanol–water partition coefficient (Wildman–Crippen LogP) is 5.37. The van der Waals surface area contributed by atoms with Crippen molar-refractivity contribution in [3.8, 4) is 0 Å². The van der Waals surface area contributed by atoms with E-state index in [9.17, 15) is 18.5 Å². The number of sulfonamides is 1. The van der Waals surface area contributed by atoms with Gasteiger partial charge in [0.25, 0.3) is 10.0 Å². The summed E-state index contributed by atoms with van der Waals surface area (Å²) in [6, 6.07) is 16.6. The standard InChI is InChI=1S/C25H21BrFN3O4S/c1-15-7-10-17(11-8-15)35(33,34)29-14-22(30(31)32)23(18-12-9-16(26)13-20(18)27)24-19-5-3-4-6-21(19)28(2)25(24)29/h3-13,22-23H,14H2,1-2H3/t22-,23+/m1/s1. The molecule has 0 spiro atoms. The summed E-state index contributed by atoms with van der Waals surface area (Å²) in [5, 5.41) is 13.0. The van der Waals surface area contributed by atoms with Crippen LogP contribution in [0, 0.1) is 22.9 Å². The van der Waals surface area contributed by atoms with Crippen LogP contribution in [0.4, 0.5) is 10.2 Å². The van der Waals surface area contributed by atoms with E-state index in [0.717, 1.165) is 9.87 Å². The Bertz CT molecular complexity index is 1580. The van der Waals surface area contributed by atoms with Crippen LogP contribution >= 0.6 is 15.9 Å². The smallest absolute Gasteiger partial charge is 0.265 e. The summed E-state index contributed by atoms with van der Waals surface area (Å²) in [6.07, 6.45) is 0. The number of aryl methyl sites for hydroxylation is 2. The van der Waals surface area contributed by atoms with Gasteiger partial charge < -0.3 is 4.57 Å². The van der Waals surface area contributed by atoms with Crippen LogP contribution in [0.2, 0.25) is 0 Å². The minimum atomic E-state index is -4.14. The molecule has 1 aliphatic rings. The van der Waals surface area contributed by atoms with Crippen molar-refractivity contribution in [1.82, 2.24) is 4.57 Å². The van der Waals surface area contributed by atoms with Crippen molar-refractivity contribution in [2.45, 2.75) is 23.8 Å². The van der Waals surface area contributed by atoms with Crippen LogP contribution in [0.25, 0.3) is 10.9 Å². The molecule has 5 rings (SSSR count). The normalized spacial score (nSPS) is 18.0. The van der Waals surface area contributed by atoms with E-state index in [0.29, 0.717) is 26.8 Å². The maximum atomic E-state index is 15.2. The maximum absolute atomic E-state index is 15.2. The second-order valence-corrected chi connectivity index (χ2v) is 11.4. The van der Waals surface area contributed by atoms with Gasteiger partial charge in [-0.15, -0.1) is 0 Å². The number of fused-ring (bicyclic) bond motifs is 3. The molecular formula is C25H21BrFN3O4S. The molecule has 7 nitrogen and oxygen atoms in total. The van der Waals surface area contributed by atoms with Crippen LogP contribution in [0.3, 0.4) is 0 Å². The molecule has 0 unspecified atom stereocenters. The fourth-order valence-corrected chi connectivity index (χ4v) is 6.79. The van der Waals surface area contributed by atoms with Crippen LogP contribution in [0.1, 0.15) is 22.6 Å². The Morgan fingerprint density at radius 3 is 2.43 bits per heavy atom. The van der Waals surface area contributed by atoms with Crippen LogP contribution in [0.15, 0.2) is 76.1 Å². The van der Waals surface area contributed by atoms with E-state index in [2.05, 4.69) is 15.9 Å². The number of nitro groups is 1. The number of aromatic nitrogens is 1. The summed E-state index contributed by atoms with van der Waals surface area (Å²) >= 11 is 3.24. The number of nitrogens with zero attached hydrogens (tertiary/aromatic N) is 3. The molecule has 0 aliphatic carbocycles. The molecule has 0 N–H and O–H groups in total. The van der Waals surface area contributed by atoms with Crippen molar-refractivity contribution in [2.75, 3.05) is 10.8 Å². The summed E-state index contributed by atoms with van der Waals surface area (Å²) in [4.78, 5) is 11.9. The largest absolute Gasteiger partial charge is 0.330 e. The number of halogens is 2. The van der Waals surface area contributed by atoms with Gasteiger partial charge in [0, 0.05) is 38.5 Å². The lowest BCUT2D eigenvalue weighted by atomic mass is 9.82. The molecule has 1 aliphatic heterocycles. The minimum Gasteiger partial charge on any atom is -0.330 e. The topological polar surface area (TPSA) is 85.4 Å². The lowest BCUT2D eigenvalue weighted by Gasteiger charge is -2.35. The van der Waals surface area contributed by atoms with Crippen LogP contribution in [0.5, 0.6) is 0 Å². The number of rotatable bonds is 4. The van der Waals surface area contributed by atoms with E-state index in [1.54, 1.807) is 41.9 Å². The predicted molar refractivity (Wildman–Crippen MR) is 135 cm³/mol. The first-order valence-electron chi connectivity index (χ1n) is 10.9. The summed E-state index contributed by atoms with van der Waals surface area (Å²) in [5.74, 6) is -1.27. The third kappa shape index (κ3) is 3.71. The molecule has 4 aromatic rings. The lowest BCUT2D eigenvalue weighted by Crippen LogP contribution is -2.48. The van der Waals surface area contributed by atoms with Gasteiger partial charge in [0.1, 0.15) is 18.2 Å². The first-order chi connectivity index (χ1) is 16.6. The fraction of sp³-hybridized carbons (Fsp3) is 0.200. The molecule has 2 heterocycles. The SMILES string of the molecule is Cc1ccc(S(=O)(=O)N2C[C@@H]([N+](=O)[O-])[C@H](c3ccc(Br)cc3F)c3c2n(C)c2ccccc32)cc1. The molecule has 0 saturated heterocycles. The van der Waals surface area contributed by atoms with Gasteiger partial charge >= 0.3 is 0 Å².